The first-order valence-electron chi connectivity index (χ1n) is 14.9. The zero-order valence-corrected chi connectivity index (χ0v) is 23.7. The summed E-state index contributed by atoms with van der Waals surface area (Å²) in [6.45, 7) is 5.64. The van der Waals surface area contributed by atoms with Gasteiger partial charge in [-0.2, -0.15) is 5.10 Å². The topological polar surface area (TPSA) is 73.6 Å². The molecular weight excluding hydrogens is 476 g/mol. The van der Waals surface area contributed by atoms with Crippen LogP contribution >= 0.6 is 0 Å². The Labute approximate surface area is 227 Å². The van der Waals surface area contributed by atoms with E-state index < -0.39 is 5.60 Å². The van der Waals surface area contributed by atoms with Gasteiger partial charge in [0, 0.05) is 19.6 Å². The Balaban J connectivity index is 1.23. The molecule has 1 N–H and O–H groups in total. The monoisotopic (exact) mass is 522 g/mol. The molecule has 1 heterocycles. The van der Waals surface area contributed by atoms with Crippen molar-refractivity contribution in [3.05, 3.63) is 24.4 Å². The van der Waals surface area contributed by atoms with Gasteiger partial charge in [0.15, 0.2) is 5.78 Å². The third-order valence-corrected chi connectivity index (χ3v) is 12.0. The second kappa shape index (κ2) is 9.62. The Bertz CT molecular complexity index is 1190. The Hall–Kier alpha value is -1.92. The maximum Gasteiger partial charge on any atom is 0.157 e. The van der Waals surface area contributed by atoms with E-state index >= 15 is 0 Å². The number of carbonyl (C=O) groups is 1. The van der Waals surface area contributed by atoms with Crippen molar-refractivity contribution in [3.63, 3.8) is 0 Å². The lowest BCUT2D eigenvalue weighted by Crippen LogP contribution is -2.57. The number of carbonyl (C=O) groups excluding carboxylic acids is 1. The van der Waals surface area contributed by atoms with Crippen LogP contribution in [0.25, 0.3) is 10.9 Å². The van der Waals surface area contributed by atoms with E-state index in [9.17, 15) is 9.90 Å². The number of aliphatic hydroxyl groups is 1. The highest BCUT2D eigenvalue weighted by atomic mass is 16.5. The Morgan fingerprint density at radius 3 is 2.71 bits per heavy atom. The van der Waals surface area contributed by atoms with E-state index in [1.807, 2.05) is 43.1 Å². The van der Waals surface area contributed by atoms with Crippen LogP contribution in [-0.4, -0.2) is 47.1 Å². The number of ketones is 1. The number of benzene rings is 1. The van der Waals surface area contributed by atoms with Crippen molar-refractivity contribution in [1.29, 1.82) is 0 Å². The first-order chi connectivity index (χ1) is 18.2. The van der Waals surface area contributed by atoms with Gasteiger partial charge >= 0.3 is 0 Å². The fourth-order valence-corrected chi connectivity index (χ4v) is 10.2. The standard InChI is InChI=1S/C32H46N2O4/c1-30(36)14-15-32(16-17-37-3)21(18-30)8-9-22-24-10-11-26(31(24,2)13-12-25(22)32)28(35)20-34-27-6-5-7-29(38-4)23(27)19-33-34/h5-7,19,21-22,24-26,36H,8-18,20H2,1-4H3/t21-,22-,24-,25-,26+,30+,31-,32+/m0/s1. The average molecular weight is 523 g/mol. The molecule has 0 amide bonds. The lowest BCUT2D eigenvalue weighted by molar-refractivity contribution is -0.163. The predicted octanol–water partition coefficient (Wildman–Crippen LogP) is 6.04. The van der Waals surface area contributed by atoms with Gasteiger partial charge in [-0.05, 0) is 118 Å². The molecule has 0 bridgehead atoms. The number of fused-ring (bicyclic) bond motifs is 6. The zero-order chi connectivity index (χ0) is 26.7. The van der Waals surface area contributed by atoms with E-state index in [-0.39, 0.29) is 16.7 Å². The van der Waals surface area contributed by atoms with Gasteiger partial charge in [0.1, 0.15) is 12.3 Å². The van der Waals surface area contributed by atoms with Crippen molar-refractivity contribution in [2.45, 2.75) is 90.2 Å². The van der Waals surface area contributed by atoms with E-state index in [0.717, 1.165) is 61.8 Å². The van der Waals surface area contributed by atoms with Crippen LogP contribution in [0.4, 0.5) is 0 Å². The summed E-state index contributed by atoms with van der Waals surface area (Å²) in [7, 11) is 3.50. The third-order valence-electron chi connectivity index (χ3n) is 12.0. The lowest BCUT2D eigenvalue weighted by Gasteiger charge is -2.63. The number of aromatic nitrogens is 2. The SMILES string of the molecule is COCC[C@]12CC[C@@](C)(O)C[C@@H]1CC[C@H]1[C@@H]3CC[C@H](C(=O)Cn4ncc5c(OC)cccc54)[C@@]3(C)CC[C@@H]12. The second-order valence-corrected chi connectivity index (χ2v) is 13.7. The highest BCUT2D eigenvalue weighted by Gasteiger charge is 2.62. The number of methoxy groups -OCH3 is 2. The lowest BCUT2D eigenvalue weighted by atomic mass is 9.42. The summed E-state index contributed by atoms with van der Waals surface area (Å²) in [5, 5.41) is 16.5. The maximum absolute atomic E-state index is 13.9. The molecule has 208 valence electrons. The minimum atomic E-state index is -0.525. The summed E-state index contributed by atoms with van der Waals surface area (Å²) in [4.78, 5) is 13.9. The smallest absolute Gasteiger partial charge is 0.157 e. The molecule has 0 spiro atoms. The normalized spacial score (nSPS) is 40.4. The Kier molecular flexibility index (Phi) is 6.66. The fraction of sp³-hybridized carbons (Fsp3) is 0.750. The quantitative estimate of drug-likeness (QED) is 0.480. The zero-order valence-electron chi connectivity index (χ0n) is 23.7. The van der Waals surface area contributed by atoms with Gasteiger partial charge in [-0.25, -0.2) is 0 Å². The van der Waals surface area contributed by atoms with E-state index in [2.05, 4.69) is 12.0 Å². The first kappa shape index (κ1) is 26.3. The number of hydrogen-bond acceptors (Lipinski definition) is 5. The molecular formula is C32H46N2O4. The van der Waals surface area contributed by atoms with Crippen molar-refractivity contribution in [2.24, 2.45) is 40.4 Å². The highest BCUT2D eigenvalue weighted by Crippen LogP contribution is 2.69. The molecule has 38 heavy (non-hydrogen) atoms. The molecule has 4 aliphatic carbocycles. The van der Waals surface area contributed by atoms with E-state index in [4.69, 9.17) is 9.47 Å². The van der Waals surface area contributed by atoms with Crippen molar-refractivity contribution in [3.8, 4) is 5.75 Å². The van der Waals surface area contributed by atoms with Crippen LogP contribution < -0.4 is 4.74 Å². The highest BCUT2D eigenvalue weighted by molar-refractivity contribution is 5.88. The molecule has 0 unspecified atom stereocenters. The van der Waals surface area contributed by atoms with Crippen molar-refractivity contribution in [2.75, 3.05) is 20.8 Å². The molecule has 6 nitrogen and oxygen atoms in total. The van der Waals surface area contributed by atoms with Crippen LogP contribution in [0.15, 0.2) is 24.4 Å². The largest absolute Gasteiger partial charge is 0.496 e. The molecule has 2 aromatic rings. The number of rotatable bonds is 7. The van der Waals surface area contributed by atoms with Crippen molar-refractivity contribution in [1.82, 2.24) is 9.78 Å². The van der Waals surface area contributed by atoms with Crippen molar-refractivity contribution < 1.29 is 19.4 Å². The maximum atomic E-state index is 13.9. The molecule has 4 aliphatic rings. The molecule has 4 saturated carbocycles. The average Bonchev–Trinajstić information content (AvgIpc) is 3.47. The van der Waals surface area contributed by atoms with Crippen LogP contribution in [0.3, 0.4) is 0 Å². The predicted molar refractivity (Wildman–Crippen MR) is 148 cm³/mol. The number of ether oxygens (including phenoxy) is 2. The molecule has 1 aromatic carbocycles. The minimum Gasteiger partial charge on any atom is -0.496 e. The van der Waals surface area contributed by atoms with Crippen molar-refractivity contribution >= 4 is 16.7 Å². The number of hydrogen-bond donors (Lipinski definition) is 1. The van der Waals surface area contributed by atoms with Crippen LogP contribution in [0, 0.1) is 40.4 Å². The van der Waals surface area contributed by atoms with Gasteiger partial charge in [0.05, 0.1) is 29.8 Å². The van der Waals surface area contributed by atoms with E-state index in [1.165, 1.54) is 25.7 Å². The van der Waals surface area contributed by atoms with Gasteiger partial charge < -0.3 is 14.6 Å². The summed E-state index contributed by atoms with van der Waals surface area (Å²) in [6.07, 6.45) is 12.9. The van der Waals surface area contributed by atoms with E-state index in [0.29, 0.717) is 36.0 Å². The van der Waals surface area contributed by atoms with Gasteiger partial charge in [-0.3, -0.25) is 9.48 Å². The Morgan fingerprint density at radius 2 is 1.92 bits per heavy atom. The van der Waals surface area contributed by atoms with Crippen LogP contribution in [0.2, 0.25) is 0 Å². The fourth-order valence-electron chi connectivity index (χ4n) is 10.2. The summed E-state index contributed by atoms with van der Waals surface area (Å²) >= 11 is 0. The first-order valence-corrected chi connectivity index (χ1v) is 14.9. The number of nitrogens with zero attached hydrogens (tertiary/aromatic N) is 2. The van der Waals surface area contributed by atoms with Gasteiger partial charge in [0.2, 0.25) is 0 Å². The molecule has 0 radical (unpaired) electrons. The third kappa shape index (κ3) is 4.04. The molecule has 8 atom stereocenters. The van der Waals surface area contributed by atoms with E-state index in [1.54, 1.807) is 7.11 Å². The second-order valence-electron chi connectivity index (χ2n) is 13.7. The Morgan fingerprint density at radius 1 is 1.08 bits per heavy atom. The molecule has 1 aromatic heterocycles. The summed E-state index contributed by atoms with van der Waals surface area (Å²) in [5.74, 6) is 3.85. The molecule has 6 heteroatoms. The minimum absolute atomic E-state index is 0.0777. The van der Waals surface area contributed by atoms with Crippen LogP contribution in [0.5, 0.6) is 5.75 Å². The van der Waals surface area contributed by atoms with Gasteiger partial charge in [-0.1, -0.05) is 13.0 Å². The molecule has 4 fully saturated rings. The summed E-state index contributed by atoms with van der Waals surface area (Å²) in [5.41, 5.74) is 0.808. The van der Waals surface area contributed by atoms with Crippen LogP contribution in [0.1, 0.15) is 78.1 Å². The number of Topliss-reactive ketones (excluding diaryl/α,β-unsaturated/α-hetero) is 1. The molecule has 6 rings (SSSR count). The van der Waals surface area contributed by atoms with Gasteiger partial charge in [0.25, 0.3) is 0 Å². The van der Waals surface area contributed by atoms with Gasteiger partial charge in [-0.15, -0.1) is 0 Å². The van der Waals surface area contributed by atoms with Crippen LogP contribution in [-0.2, 0) is 16.1 Å². The molecule has 0 saturated heterocycles. The summed E-state index contributed by atoms with van der Waals surface area (Å²) < 4.78 is 13.0. The molecule has 0 aliphatic heterocycles. The summed E-state index contributed by atoms with van der Waals surface area (Å²) in [6, 6.07) is 5.94.